The zero-order chi connectivity index (χ0) is 19.6. The maximum absolute atomic E-state index is 13.4. The van der Waals surface area contributed by atoms with E-state index in [1.807, 2.05) is 4.90 Å². The molecule has 148 valence electrons. The van der Waals surface area contributed by atoms with E-state index in [1.165, 1.54) is 13.0 Å². The smallest absolute Gasteiger partial charge is 0.390 e. The van der Waals surface area contributed by atoms with Gasteiger partial charge in [0.1, 0.15) is 0 Å². The molecular weight excluding hydrogens is 355 g/mol. The summed E-state index contributed by atoms with van der Waals surface area (Å²) < 4.78 is 40.1. The number of aliphatic hydroxyl groups is 1. The van der Waals surface area contributed by atoms with E-state index in [-0.39, 0.29) is 28.7 Å². The molecule has 1 aromatic carbocycles. The van der Waals surface area contributed by atoms with Crippen LogP contribution in [0.3, 0.4) is 0 Å². The SMILES string of the molecule is Cc1cccc(CC2CC3(C2)CN(C(=O)[C@H]2C[C@@](C)(O)C2)C3)c1C(F)(F)F. The molecule has 4 rings (SSSR count). The van der Waals surface area contributed by atoms with Gasteiger partial charge in [0.05, 0.1) is 11.2 Å². The van der Waals surface area contributed by atoms with Crippen LogP contribution in [0.2, 0.25) is 0 Å². The number of halogens is 3. The summed E-state index contributed by atoms with van der Waals surface area (Å²) in [5.41, 5.74) is -0.381. The Labute approximate surface area is 157 Å². The molecule has 0 aromatic heterocycles. The number of nitrogens with zero attached hydrogens (tertiary/aromatic N) is 1. The standard InChI is InChI=1S/C21H26F3NO2/c1-13-4-3-5-15(17(13)21(22,23)24)6-14-7-20(8-14)11-25(12-20)18(26)16-9-19(2,27)10-16/h3-5,14,16,27H,6-12H2,1-2H3/t16-,19+. The fourth-order valence-corrected chi connectivity index (χ4v) is 5.54. The van der Waals surface area contributed by atoms with Gasteiger partial charge in [0.2, 0.25) is 5.91 Å². The second kappa shape index (κ2) is 5.97. The van der Waals surface area contributed by atoms with Crippen molar-refractivity contribution in [1.82, 2.24) is 4.90 Å². The number of aryl methyl sites for hydroxylation is 1. The van der Waals surface area contributed by atoms with Gasteiger partial charge in [-0.2, -0.15) is 13.2 Å². The highest BCUT2D eigenvalue weighted by Crippen LogP contribution is 2.54. The van der Waals surface area contributed by atoms with Crippen molar-refractivity contribution in [2.24, 2.45) is 17.3 Å². The van der Waals surface area contributed by atoms with Crippen molar-refractivity contribution < 1.29 is 23.1 Å². The van der Waals surface area contributed by atoms with Gasteiger partial charge in [0, 0.05) is 24.4 Å². The number of carbonyl (C=O) groups is 1. The van der Waals surface area contributed by atoms with E-state index >= 15 is 0 Å². The fraction of sp³-hybridized carbons (Fsp3) is 0.667. The Morgan fingerprint density at radius 1 is 1.22 bits per heavy atom. The monoisotopic (exact) mass is 381 g/mol. The summed E-state index contributed by atoms with van der Waals surface area (Å²) in [7, 11) is 0. The molecule has 0 unspecified atom stereocenters. The van der Waals surface area contributed by atoms with Gasteiger partial charge in [0.15, 0.2) is 0 Å². The van der Waals surface area contributed by atoms with Gasteiger partial charge in [0.25, 0.3) is 0 Å². The first-order valence-electron chi connectivity index (χ1n) is 9.65. The van der Waals surface area contributed by atoms with Crippen LogP contribution in [-0.4, -0.2) is 34.6 Å². The molecule has 3 fully saturated rings. The zero-order valence-electron chi connectivity index (χ0n) is 15.8. The third-order valence-electron chi connectivity index (χ3n) is 6.68. The third kappa shape index (κ3) is 3.37. The van der Waals surface area contributed by atoms with Gasteiger partial charge in [-0.25, -0.2) is 0 Å². The Kier molecular flexibility index (Phi) is 4.15. The Morgan fingerprint density at radius 2 is 1.85 bits per heavy atom. The van der Waals surface area contributed by atoms with Crippen LogP contribution >= 0.6 is 0 Å². The van der Waals surface area contributed by atoms with E-state index in [4.69, 9.17) is 0 Å². The molecule has 3 aliphatic rings. The number of benzene rings is 1. The van der Waals surface area contributed by atoms with Crippen molar-refractivity contribution in [1.29, 1.82) is 0 Å². The first-order chi connectivity index (χ1) is 12.5. The summed E-state index contributed by atoms with van der Waals surface area (Å²) in [6, 6.07) is 4.81. The molecule has 3 nitrogen and oxygen atoms in total. The molecule has 1 aromatic rings. The van der Waals surface area contributed by atoms with Crippen molar-refractivity contribution in [3.63, 3.8) is 0 Å². The highest BCUT2D eigenvalue weighted by Gasteiger charge is 2.55. The summed E-state index contributed by atoms with van der Waals surface area (Å²) in [6.45, 7) is 4.72. The maximum Gasteiger partial charge on any atom is 0.416 e. The molecule has 2 saturated carbocycles. The van der Waals surface area contributed by atoms with Crippen molar-refractivity contribution >= 4 is 5.91 Å². The Balaban J connectivity index is 1.31. The molecule has 27 heavy (non-hydrogen) atoms. The van der Waals surface area contributed by atoms with Crippen LogP contribution in [0.25, 0.3) is 0 Å². The molecule has 2 aliphatic carbocycles. The van der Waals surface area contributed by atoms with Gasteiger partial charge in [-0.1, -0.05) is 18.2 Å². The predicted octanol–water partition coefficient (Wildman–Crippen LogP) is 3.96. The largest absolute Gasteiger partial charge is 0.416 e. The lowest BCUT2D eigenvalue weighted by Gasteiger charge is -2.60. The van der Waals surface area contributed by atoms with E-state index in [2.05, 4.69) is 0 Å². The van der Waals surface area contributed by atoms with Crippen LogP contribution in [0, 0.1) is 24.2 Å². The summed E-state index contributed by atoms with van der Waals surface area (Å²) in [4.78, 5) is 14.2. The van der Waals surface area contributed by atoms with E-state index in [0.717, 1.165) is 25.9 Å². The molecule has 1 aliphatic heterocycles. The predicted molar refractivity (Wildman–Crippen MR) is 95.0 cm³/mol. The minimum atomic E-state index is -4.31. The Hall–Kier alpha value is -1.56. The average Bonchev–Trinajstić information content (AvgIpc) is 2.43. The van der Waals surface area contributed by atoms with E-state index in [9.17, 15) is 23.1 Å². The first-order valence-corrected chi connectivity index (χ1v) is 9.65. The van der Waals surface area contributed by atoms with Crippen LogP contribution in [0.15, 0.2) is 18.2 Å². The molecular formula is C21H26F3NO2. The number of carbonyl (C=O) groups excluding carboxylic acids is 1. The zero-order valence-corrected chi connectivity index (χ0v) is 15.8. The Morgan fingerprint density at radius 3 is 2.41 bits per heavy atom. The number of rotatable bonds is 3. The summed E-state index contributed by atoms with van der Waals surface area (Å²) in [5.74, 6) is 0.332. The highest BCUT2D eigenvalue weighted by atomic mass is 19.4. The average molecular weight is 381 g/mol. The lowest BCUT2D eigenvalue weighted by molar-refractivity contribution is -0.171. The molecule has 6 heteroatoms. The molecule has 0 bridgehead atoms. The van der Waals surface area contributed by atoms with Crippen LogP contribution < -0.4 is 0 Å². The molecule has 1 N–H and O–H groups in total. The number of alkyl halides is 3. The molecule has 0 atom stereocenters. The Bertz CT molecular complexity index is 749. The van der Waals surface area contributed by atoms with Crippen LogP contribution in [-0.2, 0) is 17.4 Å². The van der Waals surface area contributed by atoms with E-state index in [0.29, 0.717) is 24.8 Å². The number of hydrogen-bond acceptors (Lipinski definition) is 2. The summed E-state index contributed by atoms with van der Waals surface area (Å²) >= 11 is 0. The topological polar surface area (TPSA) is 40.5 Å². The first kappa shape index (κ1) is 18.8. The van der Waals surface area contributed by atoms with Gasteiger partial charge >= 0.3 is 6.18 Å². The van der Waals surface area contributed by atoms with E-state index < -0.39 is 17.3 Å². The van der Waals surface area contributed by atoms with Crippen molar-refractivity contribution in [2.45, 2.75) is 57.7 Å². The molecule has 1 saturated heterocycles. The van der Waals surface area contributed by atoms with Gasteiger partial charge in [-0.15, -0.1) is 0 Å². The number of hydrogen-bond donors (Lipinski definition) is 1. The maximum atomic E-state index is 13.4. The highest BCUT2D eigenvalue weighted by molar-refractivity contribution is 5.81. The molecule has 1 amide bonds. The van der Waals surface area contributed by atoms with Crippen LogP contribution in [0.4, 0.5) is 13.2 Å². The van der Waals surface area contributed by atoms with Crippen molar-refractivity contribution in [3.8, 4) is 0 Å². The quantitative estimate of drug-likeness (QED) is 0.861. The molecule has 1 heterocycles. The second-order valence-electron chi connectivity index (χ2n) is 9.38. The minimum absolute atomic E-state index is 0.0603. The fourth-order valence-electron chi connectivity index (χ4n) is 5.54. The van der Waals surface area contributed by atoms with Crippen molar-refractivity contribution in [2.75, 3.05) is 13.1 Å². The number of likely N-dealkylation sites (tertiary alicyclic amines) is 1. The van der Waals surface area contributed by atoms with Gasteiger partial charge < -0.3 is 10.0 Å². The minimum Gasteiger partial charge on any atom is -0.390 e. The summed E-state index contributed by atoms with van der Waals surface area (Å²) in [5, 5.41) is 9.79. The van der Waals surface area contributed by atoms with Gasteiger partial charge in [-0.05, 0) is 63.0 Å². The van der Waals surface area contributed by atoms with Crippen LogP contribution in [0.1, 0.15) is 49.3 Å². The van der Waals surface area contributed by atoms with Crippen molar-refractivity contribution in [3.05, 3.63) is 34.9 Å². The molecule has 0 radical (unpaired) electrons. The molecule has 1 spiro atoms. The lowest BCUT2D eigenvalue weighted by atomic mass is 9.56. The van der Waals surface area contributed by atoms with E-state index in [1.54, 1.807) is 19.1 Å². The third-order valence-corrected chi connectivity index (χ3v) is 6.68. The normalized spacial score (nSPS) is 29.9. The van der Waals surface area contributed by atoms with Gasteiger partial charge in [-0.3, -0.25) is 4.79 Å². The number of amides is 1. The summed E-state index contributed by atoms with van der Waals surface area (Å²) in [6.07, 6.45) is -1.00. The lowest BCUT2D eigenvalue weighted by Crippen LogP contribution is -2.66. The van der Waals surface area contributed by atoms with Crippen LogP contribution in [0.5, 0.6) is 0 Å². The second-order valence-corrected chi connectivity index (χ2v) is 9.38.